The second kappa shape index (κ2) is 34.8. The van der Waals surface area contributed by atoms with E-state index in [0.717, 1.165) is 57.8 Å². The Kier molecular flexibility index (Phi) is 33.3. The lowest BCUT2D eigenvalue weighted by atomic mass is 10.0. The predicted octanol–water partition coefficient (Wildman–Crippen LogP) is 9.76. The third-order valence-corrected chi connectivity index (χ3v) is 8.14. The zero-order valence-electron chi connectivity index (χ0n) is 29.8. The van der Waals surface area contributed by atoms with Crippen molar-refractivity contribution < 1.29 is 43.0 Å². The topological polar surface area (TPSA) is 140 Å². The van der Waals surface area contributed by atoms with Crippen molar-refractivity contribution in [3.05, 3.63) is 48.6 Å². The molecule has 0 rings (SSSR count). The SMILES string of the molecule is CCCCCCCCCCCCCCC(=O)OC[C@H](COP(=O)(O)O)OC(=O)CCC/C=C\C/C=C\C/C=C\C/C=C\CCCCCO. The minimum Gasteiger partial charge on any atom is -0.462 e. The van der Waals surface area contributed by atoms with Crippen LogP contribution in [0.25, 0.3) is 0 Å². The molecule has 0 aliphatic heterocycles. The molecule has 9 nitrogen and oxygen atoms in total. The molecule has 0 aliphatic carbocycles. The van der Waals surface area contributed by atoms with E-state index >= 15 is 0 Å². The normalized spacial score (nSPS) is 13.0. The summed E-state index contributed by atoms with van der Waals surface area (Å²) in [4.78, 5) is 42.6. The highest BCUT2D eigenvalue weighted by molar-refractivity contribution is 7.46. The number of carbonyl (C=O) groups is 2. The van der Waals surface area contributed by atoms with Crippen molar-refractivity contribution in [1.82, 2.24) is 0 Å². The number of hydrogen-bond acceptors (Lipinski definition) is 7. The molecule has 0 aliphatic rings. The average Bonchev–Trinajstić information content (AvgIpc) is 3.05. The fraction of sp³-hybridized carbons (Fsp3) is 0.737. The molecule has 0 fully saturated rings. The van der Waals surface area contributed by atoms with Crippen molar-refractivity contribution in [2.75, 3.05) is 19.8 Å². The molecule has 0 saturated carbocycles. The molecule has 1 atom stereocenters. The van der Waals surface area contributed by atoms with Crippen LogP contribution in [0.5, 0.6) is 0 Å². The molecule has 0 saturated heterocycles. The minimum atomic E-state index is -4.77. The van der Waals surface area contributed by atoms with Crippen LogP contribution in [0.2, 0.25) is 0 Å². The van der Waals surface area contributed by atoms with Gasteiger partial charge in [0.15, 0.2) is 6.10 Å². The Morgan fingerprint density at radius 3 is 1.56 bits per heavy atom. The molecule has 0 bridgehead atoms. The van der Waals surface area contributed by atoms with Crippen molar-refractivity contribution in [1.29, 1.82) is 0 Å². The lowest BCUT2D eigenvalue weighted by Gasteiger charge is -2.18. The summed E-state index contributed by atoms with van der Waals surface area (Å²) in [5.74, 6) is -0.966. The summed E-state index contributed by atoms with van der Waals surface area (Å²) in [5.41, 5.74) is 0. The molecule has 48 heavy (non-hydrogen) atoms. The summed E-state index contributed by atoms with van der Waals surface area (Å²) in [5, 5.41) is 8.76. The van der Waals surface area contributed by atoms with E-state index in [1.807, 2.05) is 12.2 Å². The molecule has 0 radical (unpaired) electrons. The lowest BCUT2D eigenvalue weighted by Crippen LogP contribution is -2.29. The molecule has 0 heterocycles. The van der Waals surface area contributed by atoms with Crippen LogP contribution in [-0.4, -0.2) is 52.8 Å². The number of unbranched alkanes of at least 4 members (excludes halogenated alkanes) is 15. The number of allylic oxidation sites excluding steroid dienone is 8. The van der Waals surface area contributed by atoms with Gasteiger partial charge in [-0.25, -0.2) is 4.57 Å². The van der Waals surface area contributed by atoms with E-state index in [9.17, 15) is 14.2 Å². The molecular formula is C38H67O9P. The lowest BCUT2D eigenvalue weighted by molar-refractivity contribution is -0.161. The summed E-state index contributed by atoms with van der Waals surface area (Å²) in [6, 6.07) is 0. The van der Waals surface area contributed by atoms with Crippen molar-refractivity contribution in [2.45, 2.75) is 161 Å². The Hall–Kier alpha value is -2.03. The van der Waals surface area contributed by atoms with E-state index in [2.05, 4.69) is 47.9 Å². The van der Waals surface area contributed by atoms with E-state index in [4.69, 9.17) is 24.4 Å². The van der Waals surface area contributed by atoms with Crippen LogP contribution < -0.4 is 0 Å². The third kappa shape index (κ3) is 36.8. The zero-order valence-corrected chi connectivity index (χ0v) is 30.7. The van der Waals surface area contributed by atoms with E-state index in [-0.39, 0.29) is 26.1 Å². The number of rotatable bonds is 34. The molecule has 0 amide bonds. The quantitative estimate of drug-likeness (QED) is 0.0259. The second-order valence-electron chi connectivity index (χ2n) is 12.3. The smallest absolute Gasteiger partial charge is 0.462 e. The van der Waals surface area contributed by atoms with E-state index in [0.29, 0.717) is 19.3 Å². The van der Waals surface area contributed by atoms with Gasteiger partial charge in [-0.15, -0.1) is 0 Å². The van der Waals surface area contributed by atoms with Crippen LogP contribution in [0.15, 0.2) is 48.6 Å². The molecular weight excluding hydrogens is 631 g/mol. The van der Waals surface area contributed by atoms with Crippen LogP contribution in [0.1, 0.15) is 155 Å². The van der Waals surface area contributed by atoms with Gasteiger partial charge in [0, 0.05) is 19.4 Å². The van der Waals surface area contributed by atoms with E-state index in [1.165, 1.54) is 57.8 Å². The van der Waals surface area contributed by atoms with Crippen molar-refractivity contribution >= 4 is 19.8 Å². The first-order valence-electron chi connectivity index (χ1n) is 18.5. The van der Waals surface area contributed by atoms with Gasteiger partial charge in [0.1, 0.15) is 6.61 Å². The van der Waals surface area contributed by atoms with Gasteiger partial charge in [0.25, 0.3) is 0 Å². The van der Waals surface area contributed by atoms with Crippen LogP contribution in [-0.2, 0) is 28.2 Å². The van der Waals surface area contributed by atoms with Gasteiger partial charge in [0.2, 0.25) is 0 Å². The van der Waals surface area contributed by atoms with Gasteiger partial charge in [-0.2, -0.15) is 0 Å². The predicted molar refractivity (Wildman–Crippen MR) is 194 cm³/mol. The summed E-state index contributed by atoms with van der Waals surface area (Å²) < 4.78 is 26.2. The zero-order chi connectivity index (χ0) is 35.4. The van der Waals surface area contributed by atoms with Crippen LogP contribution in [0.4, 0.5) is 0 Å². The van der Waals surface area contributed by atoms with Crippen molar-refractivity contribution in [3.63, 3.8) is 0 Å². The number of carbonyl (C=O) groups excluding carboxylic acids is 2. The fourth-order valence-corrected chi connectivity index (χ4v) is 5.23. The molecule has 278 valence electrons. The molecule has 0 spiro atoms. The number of ether oxygens (including phenoxy) is 2. The highest BCUT2D eigenvalue weighted by atomic mass is 31.2. The maximum Gasteiger partial charge on any atom is 0.469 e. The number of aliphatic hydroxyl groups is 1. The standard InChI is InChI=1S/C38H67O9P/c1-2-3-4-5-6-7-8-16-19-22-25-28-31-37(40)45-34-36(35-46-48(42,43)44)47-38(41)32-29-26-23-20-17-14-12-10-9-11-13-15-18-21-24-27-30-33-39/h9,11-12,14-15,18,20,23,36,39H,2-8,10,13,16-17,19,21-22,24-35H2,1H3,(H2,42,43,44)/b11-9-,14-12-,18-15-,23-20-/t36-/m1/s1. The van der Waals surface area contributed by atoms with Crippen molar-refractivity contribution in [2.24, 2.45) is 0 Å². The Bertz CT molecular complexity index is 923. The van der Waals surface area contributed by atoms with Crippen molar-refractivity contribution in [3.8, 4) is 0 Å². The molecule has 3 N–H and O–H groups in total. The molecule has 0 aromatic heterocycles. The first-order chi connectivity index (χ1) is 23.3. The number of phosphoric acid groups is 1. The van der Waals surface area contributed by atoms with Crippen LogP contribution in [0, 0.1) is 0 Å². The number of hydrogen-bond donors (Lipinski definition) is 3. The summed E-state index contributed by atoms with van der Waals surface area (Å²) in [6.07, 6.45) is 38.5. The van der Waals surface area contributed by atoms with Gasteiger partial charge in [-0.1, -0.05) is 133 Å². The summed E-state index contributed by atoms with van der Waals surface area (Å²) >= 11 is 0. The fourth-order valence-electron chi connectivity index (χ4n) is 4.87. The monoisotopic (exact) mass is 698 g/mol. The van der Waals surface area contributed by atoms with Crippen LogP contribution >= 0.6 is 7.82 Å². The summed E-state index contributed by atoms with van der Waals surface area (Å²) in [6.45, 7) is 1.63. The van der Waals surface area contributed by atoms with Gasteiger partial charge in [0.05, 0.1) is 6.61 Å². The minimum absolute atomic E-state index is 0.126. The first kappa shape index (κ1) is 46.0. The third-order valence-electron chi connectivity index (χ3n) is 7.66. The Morgan fingerprint density at radius 2 is 1.04 bits per heavy atom. The Balaban J connectivity index is 4.08. The highest BCUT2D eigenvalue weighted by Gasteiger charge is 2.22. The van der Waals surface area contributed by atoms with Gasteiger partial charge in [-0.05, 0) is 57.8 Å². The average molecular weight is 699 g/mol. The number of aliphatic hydroxyl groups excluding tert-OH is 1. The van der Waals surface area contributed by atoms with Gasteiger partial charge < -0.3 is 24.4 Å². The molecule has 0 aromatic carbocycles. The molecule has 0 aromatic rings. The number of phosphoric ester groups is 1. The second-order valence-corrected chi connectivity index (χ2v) is 13.5. The van der Waals surface area contributed by atoms with Gasteiger partial charge >= 0.3 is 19.8 Å². The Labute approximate surface area is 291 Å². The Morgan fingerprint density at radius 1 is 0.583 bits per heavy atom. The maximum absolute atomic E-state index is 12.3. The number of esters is 2. The van der Waals surface area contributed by atoms with Gasteiger partial charge in [-0.3, -0.25) is 14.1 Å². The van der Waals surface area contributed by atoms with Crippen LogP contribution in [0.3, 0.4) is 0 Å². The van der Waals surface area contributed by atoms with E-state index in [1.54, 1.807) is 0 Å². The highest BCUT2D eigenvalue weighted by Crippen LogP contribution is 2.35. The first-order valence-corrected chi connectivity index (χ1v) is 20.1. The summed E-state index contributed by atoms with van der Waals surface area (Å²) in [7, 11) is -4.77. The molecule has 10 heteroatoms. The maximum atomic E-state index is 12.3. The molecule has 0 unspecified atom stereocenters. The van der Waals surface area contributed by atoms with E-state index < -0.39 is 32.5 Å². The largest absolute Gasteiger partial charge is 0.469 e.